The number of fused-ring (bicyclic) bond motifs is 3. The fourth-order valence-electron chi connectivity index (χ4n) is 3.16. The Hall–Kier alpha value is -1.96. The van der Waals surface area contributed by atoms with Crippen LogP contribution < -0.4 is 4.74 Å². The summed E-state index contributed by atoms with van der Waals surface area (Å²) in [4.78, 5) is 0. The zero-order valence-corrected chi connectivity index (χ0v) is 15.2. The minimum absolute atomic E-state index is 0.318. The Kier molecular flexibility index (Phi) is 5.03. The predicted octanol–water partition coefficient (Wildman–Crippen LogP) is 5.97. The summed E-state index contributed by atoms with van der Waals surface area (Å²) in [6.45, 7) is 12.4. The maximum absolute atomic E-state index is 10.5. The molecular formula is C21H28O2. The fourth-order valence-corrected chi connectivity index (χ4v) is 3.16. The van der Waals surface area contributed by atoms with Gasteiger partial charge >= 0.3 is 0 Å². The number of aryl methyl sites for hydroxylation is 2. The number of hydrogen-bond donors (Lipinski definition) is 1. The van der Waals surface area contributed by atoms with E-state index in [4.69, 9.17) is 4.74 Å². The van der Waals surface area contributed by atoms with Gasteiger partial charge in [0.25, 0.3) is 0 Å². The van der Waals surface area contributed by atoms with E-state index in [0.717, 1.165) is 40.8 Å². The molecule has 0 saturated carbocycles. The summed E-state index contributed by atoms with van der Waals surface area (Å²) in [5.41, 5.74) is 4.97. The van der Waals surface area contributed by atoms with Crippen molar-refractivity contribution < 1.29 is 9.84 Å². The summed E-state index contributed by atoms with van der Waals surface area (Å²) in [5.74, 6) is 1.11. The van der Waals surface area contributed by atoms with Crippen LogP contribution in [0, 0.1) is 6.92 Å². The second-order valence-corrected chi connectivity index (χ2v) is 6.40. The van der Waals surface area contributed by atoms with E-state index in [2.05, 4.69) is 52.0 Å². The molecule has 1 aliphatic rings. The highest BCUT2D eigenvalue weighted by atomic mass is 16.5. The Morgan fingerprint density at radius 1 is 1.09 bits per heavy atom. The molecule has 0 spiro atoms. The molecule has 23 heavy (non-hydrogen) atoms. The lowest BCUT2D eigenvalue weighted by Gasteiger charge is -2.35. The lowest BCUT2D eigenvalue weighted by Crippen LogP contribution is -2.29. The van der Waals surface area contributed by atoms with Gasteiger partial charge in [-0.1, -0.05) is 51.0 Å². The normalized spacial score (nSPS) is 14.0. The summed E-state index contributed by atoms with van der Waals surface area (Å²) in [7, 11) is 0. The lowest BCUT2D eigenvalue weighted by molar-refractivity contribution is 0.105. The van der Waals surface area contributed by atoms with Crippen molar-refractivity contribution in [3.63, 3.8) is 0 Å². The first-order valence-corrected chi connectivity index (χ1v) is 8.59. The maximum atomic E-state index is 10.5. The van der Waals surface area contributed by atoms with Crippen LogP contribution in [0.1, 0.15) is 57.7 Å². The molecule has 0 aliphatic carbocycles. The van der Waals surface area contributed by atoms with Gasteiger partial charge in [0.05, 0.1) is 5.56 Å². The molecule has 1 heterocycles. The summed E-state index contributed by atoms with van der Waals surface area (Å²) in [6, 6.07) is 10.3. The number of benzene rings is 2. The number of hydrogen-bond acceptors (Lipinski definition) is 2. The van der Waals surface area contributed by atoms with Crippen molar-refractivity contribution in [2.45, 2.75) is 60.0 Å². The minimum atomic E-state index is -0.382. The van der Waals surface area contributed by atoms with Crippen LogP contribution in [0.3, 0.4) is 0 Å². The van der Waals surface area contributed by atoms with Gasteiger partial charge in [0.15, 0.2) is 0 Å². The molecule has 0 radical (unpaired) electrons. The molecule has 0 saturated heterocycles. The van der Waals surface area contributed by atoms with Gasteiger partial charge < -0.3 is 9.84 Å². The molecule has 0 aromatic heterocycles. The topological polar surface area (TPSA) is 29.5 Å². The highest BCUT2D eigenvalue weighted by Gasteiger charge is 2.34. The van der Waals surface area contributed by atoms with Crippen LogP contribution in [0.2, 0.25) is 0 Å². The molecule has 2 nitrogen and oxygen atoms in total. The van der Waals surface area contributed by atoms with Crippen LogP contribution in [0.4, 0.5) is 0 Å². The fraction of sp³-hybridized carbons (Fsp3) is 0.429. The third-order valence-electron chi connectivity index (χ3n) is 4.14. The minimum Gasteiger partial charge on any atom is -0.507 e. The van der Waals surface area contributed by atoms with Gasteiger partial charge in [0, 0.05) is 5.56 Å². The molecule has 2 aromatic carbocycles. The predicted molar refractivity (Wildman–Crippen MR) is 97.3 cm³/mol. The van der Waals surface area contributed by atoms with Gasteiger partial charge in [0.1, 0.15) is 17.1 Å². The SMILES string of the molecule is CC.CCCc1cc(O)c2c(c1)OC(C)(C)c1ccc(C)cc1-2. The van der Waals surface area contributed by atoms with E-state index >= 15 is 0 Å². The molecule has 124 valence electrons. The van der Waals surface area contributed by atoms with Gasteiger partial charge in [-0.15, -0.1) is 0 Å². The van der Waals surface area contributed by atoms with Gasteiger partial charge in [-0.3, -0.25) is 0 Å². The van der Waals surface area contributed by atoms with Gasteiger partial charge in [-0.05, 0) is 50.5 Å². The zero-order chi connectivity index (χ0) is 17.2. The Morgan fingerprint density at radius 3 is 2.43 bits per heavy atom. The van der Waals surface area contributed by atoms with E-state index < -0.39 is 0 Å². The molecule has 0 unspecified atom stereocenters. The first-order chi connectivity index (χ1) is 10.9. The molecule has 0 fully saturated rings. The van der Waals surface area contributed by atoms with Crippen LogP contribution in [-0.2, 0) is 12.0 Å². The van der Waals surface area contributed by atoms with Gasteiger partial charge in [0.2, 0.25) is 0 Å². The van der Waals surface area contributed by atoms with Crippen LogP contribution in [0.25, 0.3) is 11.1 Å². The van der Waals surface area contributed by atoms with E-state index in [0.29, 0.717) is 5.75 Å². The summed E-state index contributed by atoms with van der Waals surface area (Å²) in [5, 5.41) is 10.5. The van der Waals surface area contributed by atoms with Crippen molar-refractivity contribution in [3.8, 4) is 22.6 Å². The summed E-state index contributed by atoms with van der Waals surface area (Å²) < 4.78 is 6.19. The van der Waals surface area contributed by atoms with Crippen molar-refractivity contribution in [3.05, 3.63) is 47.0 Å². The molecule has 3 rings (SSSR count). The van der Waals surface area contributed by atoms with E-state index in [1.165, 1.54) is 5.56 Å². The Balaban J connectivity index is 0.000000924. The molecule has 0 bridgehead atoms. The van der Waals surface area contributed by atoms with Gasteiger partial charge in [-0.25, -0.2) is 0 Å². The average molecular weight is 312 g/mol. The third-order valence-corrected chi connectivity index (χ3v) is 4.14. The first-order valence-electron chi connectivity index (χ1n) is 8.59. The van der Waals surface area contributed by atoms with Crippen molar-refractivity contribution in [2.75, 3.05) is 0 Å². The van der Waals surface area contributed by atoms with Crippen molar-refractivity contribution >= 4 is 0 Å². The average Bonchev–Trinajstić information content (AvgIpc) is 2.48. The Labute approximate surface area is 140 Å². The molecule has 2 heteroatoms. The van der Waals surface area contributed by atoms with Crippen molar-refractivity contribution in [1.82, 2.24) is 0 Å². The first kappa shape index (κ1) is 17.4. The number of rotatable bonds is 2. The molecule has 1 N–H and O–H groups in total. The van der Waals surface area contributed by atoms with E-state index in [-0.39, 0.29) is 5.60 Å². The molecule has 0 amide bonds. The molecular weight excluding hydrogens is 284 g/mol. The quantitative estimate of drug-likeness (QED) is 0.739. The standard InChI is InChI=1S/C19H22O2.C2H6/c1-5-6-13-10-16(20)18-14-9-12(2)7-8-15(14)19(3,4)21-17(18)11-13;1-2/h7-11,20H,5-6H2,1-4H3;1-2H3. The second kappa shape index (κ2) is 6.66. The molecule has 2 aromatic rings. The highest BCUT2D eigenvalue weighted by molar-refractivity contribution is 5.82. The monoisotopic (exact) mass is 312 g/mol. The van der Waals surface area contributed by atoms with Crippen molar-refractivity contribution in [1.29, 1.82) is 0 Å². The highest BCUT2D eigenvalue weighted by Crippen LogP contribution is 2.49. The largest absolute Gasteiger partial charge is 0.507 e. The third kappa shape index (κ3) is 3.21. The molecule has 1 aliphatic heterocycles. The van der Waals surface area contributed by atoms with Crippen LogP contribution in [0.15, 0.2) is 30.3 Å². The smallest absolute Gasteiger partial charge is 0.132 e. The Morgan fingerprint density at radius 2 is 1.78 bits per heavy atom. The van der Waals surface area contributed by atoms with E-state index in [1.807, 2.05) is 19.9 Å². The van der Waals surface area contributed by atoms with Crippen LogP contribution in [-0.4, -0.2) is 5.11 Å². The van der Waals surface area contributed by atoms with E-state index in [1.54, 1.807) is 0 Å². The Bertz CT molecular complexity index is 699. The van der Waals surface area contributed by atoms with Crippen LogP contribution >= 0.6 is 0 Å². The summed E-state index contributed by atoms with van der Waals surface area (Å²) in [6.07, 6.45) is 2.00. The maximum Gasteiger partial charge on any atom is 0.132 e. The second-order valence-electron chi connectivity index (χ2n) is 6.40. The zero-order valence-electron chi connectivity index (χ0n) is 15.2. The number of aromatic hydroxyl groups is 1. The number of phenols is 1. The number of phenolic OH excluding ortho intramolecular Hbond substituents is 1. The summed E-state index contributed by atoms with van der Waals surface area (Å²) >= 11 is 0. The lowest BCUT2D eigenvalue weighted by atomic mass is 9.84. The van der Waals surface area contributed by atoms with E-state index in [9.17, 15) is 5.11 Å². The van der Waals surface area contributed by atoms with Gasteiger partial charge in [-0.2, -0.15) is 0 Å². The van der Waals surface area contributed by atoms with Crippen LogP contribution in [0.5, 0.6) is 11.5 Å². The van der Waals surface area contributed by atoms with Crippen molar-refractivity contribution in [2.24, 2.45) is 0 Å². The molecule has 0 atom stereocenters. The number of ether oxygens (including phenoxy) is 1.